The van der Waals surface area contributed by atoms with Gasteiger partial charge in [-0.2, -0.15) is 0 Å². The van der Waals surface area contributed by atoms with E-state index in [1.54, 1.807) is 0 Å². The van der Waals surface area contributed by atoms with E-state index in [2.05, 4.69) is 44.9 Å². The van der Waals surface area contributed by atoms with Crippen molar-refractivity contribution in [2.24, 2.45) is 11.3 Å². The Hall–Kier alpha value is -0.480. The van der Waals surface area contributed by atoms with Crippen molar-refractivity contribution in [3.8, 4) is 11.8 Å². The van der Waals surface area contributed by atoms with Gasteiger partial charge in [0.15, 0.2) is 0 Å². The third kappa shape index (κ3) is 4.06. The van der Waals surface area contributed by atoms with E-state index in [1.165, 1.54) is 0 Å². The molecular weight excluding hydrogens is 134 g/mol. The molecule has 0 aliphatic carbocycles. The Kier molecular flexibility index (Phi) is 4.22. The van der Waals surface area contributed by atoms with E-state index >= 15 is 0 Å². The Labute approximate surface area is 70.6 Å². The van der Waals surface area contributed by atoms with Crippen LogP contribution in [0.3, 0.4) is 0 Å². The van der Waals surface area contributed by atoms with Crippen molar-refractivity contribution >= 4 is 0 Å². The van der Waals surface area contributed by atoms with Crippen molar-refractivity contribution < 1.29 is 0 Å². The lowest BCUT2D eigenvalue weighted by molar-refractivity contribution is 0.349. The number of hydrogen-bond acceptors (Lipinski definition) is 1. The summed E-state index contributed by atoms with van der Waals surface area (Å²) in [5, 5.41) is 3.01. The van der Waals surface area contributed by atoms with Crippen molar-refractivity contribution in [1.82, 2.24) is 5.32 Å². The molecule has 0 amide bonds. The molecule has 11 heavy (non-hydrogen) atoms. The molecule has 64 valence electrons. The van der Waals surface area contributed by atoms with E-state index < -0.39 is 0 Å². The molecule has 0 saturated carbocycles. The second-order valence-corrected chi connectivity index (χ2v) is 3.71. The first kappa shape index (κ1) is 10.5. The molecule has 1 N–H and O–H groups in total. The van der Waals surface area contributed by atoms with Crippen molar-refractivity contribution in [2.75, 3.05) is 13.6 Å². The highest BCUT2D eigenvalue weighted by atomic mass is 14.8. The van der Waals surface area contributed by atoms with Crippen molar-refractivity contribution in [1.29, 1.82) is 0 Å². The molecule has 0 rings (SSSR count). The third-order valence-electron chi connectivity index (χ3n) is 2.12. The first-order valence-corrected chi connectivity index (χ1v) is 4.15. The summed E-state index contributed by atoms with van der Waals surface area (Å²) in [4.78, 5) is 0. The van der Waals surface area contributed by atoms with Crippen LogP contribution in [0.4, 0.5) is 0 Å². The molecule has 0 saturated heterocycles. The summed E-state index contributed by atoms with van der Waals surface area (Å²) in [6, 6.07) is 0. The Balaban J connectivity index is 4.03. The van der Waals surface area contributed by atoms with Gasteiger partial charge in [-0.25, -0.2) is 0 Å². The monoisotopic (exact) mass is 153 g/mol. The summed E-state index contributed by atoms with van der Waals surface area (Å²) in [7, 11) is 1.91. The SMILES string of the molecule is CNCC#CC(C)(C)C(C)C. The second kappa shape index (κ2) is 4.41. The maximum atomic E-state index is 3.25. The van der Waals surface area contributed by atoms with Crippen LogP contribution < -0.4 is 5.32 Å². The van der Waals surface area contributed by atoms with E-state index in [-0.39, 0.29) is 5.41 Å². The molecule has 0 aromatic rings. The van der Waals surface area contributed by atoms with Crippen LogP contribution in [0.15, 0.2) is 0 Å². The van der Waals surface area contributed by atoms with Crippen LogP contribution >= 0.6 is 0 Å². The second-order valence-electron chi connectivity index (χ2n) is 3.71. The van der Waals surface area contributed by atoms with Crippen LogP contribution in [0.5, 0.6) is 0 Å². The molecule has 0 atom stereocenters. The predicted octanol–water partition coefficient (Wildman–Crippen LogP) is 1.89. The minimum absolute atomic E-state index is 0.150. The normalized spacial score (nSPS) is 11.1. The van der Waals surface area contributed by atoms with Gasteiger partial charge in [-0.1, -0.05) is 25.7 Å². The van der Waals surface area contributed by atoms with Gasteiger partial charge >= 0.3 is 0 Å². The highest BCUT2D eigenvalue weighted by Crippen LogP contribution is 2.24. The quantitative estimate of drug-likeness (QED) is 0.597. The van der Waals surface area contributed by atoms with Crippen molar-refractivity contribution in [2.45, 2.75) is 27.7 Å². The molecular formula is C10H19N. The zero-order valence-electron chi connectivity index (χ0n) is 8.28. The van der Waals surface area contributed by atoms with E-state index in [0.717, 1.165) is 6.54 Å². The number of nitrogens with one attached hydrogen (secondary N) is 1. The van der Waals surface area contributed by atoms with Gasteiger partial charge in [0.2, 0.25) is 0 Å². The highest BCUT2D eigenvalue weighted by Gasteiger charge is 2.18. The third-order valence-corrected chi connectivity index (χ3v) is 2.12. The number of hydrogen-bond donors (Lipinski definition) is 1. The van der Waals surface area contributed by atoms with E-state index in [1.807, 2.05) is 7.05 Å². The lowest BCUT2D eigenvalue weighted by Gasteiger charge is -2.22. The van der Waals surface area contributed by atoms with Gasteiger partial charge in [0.05, 0.1) is 6.54 Å². The molecule has 0 aliphatic rings. The molecule has 0 bridgehead atoms. The summed E-state index contributed by atoms with van der Waals surface area (Å²) in [5.41, 5.74) is 0.150. The van der Waals surface area contributed by atoms with E-state index in [4.69, 9.17) is 0 Å². The topological polar surface area (TPSA) is 12.0 Å². The summed E-state index contributed by atoms with van der Waals surface area (Å²) < 4.78 is 0. The van der Waals surface area contributed by atoms with E-state index in [9.17, 15) is 0 Å². The summed E-state index contributed by atoms with van der Waals surface area (Å²) in [5.74, 6) is 6.96. The molecule has 0 spiro atoms. The summed E-state index contributed by atoms with van der Waals surface area (Å²) in [6.07, 6.45) is 0. The molecule has 0 fully saturated rings. The van der Waals surface area contributed by atoms with Gasteiger partial charge in [-0.15, -0.1) is 0 Å². The maximum absolute atomic E-state index is 3.25. The van der Waals surface area contributed by atoms with Crippen molar-refractivity contribution in [3.05, 3.63) is 0 Å². The fourth-order valence-corrected chi connectivity index (χ4v) is 0.505. The zero-order chi connectivity index (χ0) is 8.91. The van der Waals surface area contributed by atoms with Crippen LogP contribution in [-0.2, 0) is 0 Å². The Morgan fingerprint density at radius 1 is 1.36 bits per heavy atom. The molecule has 0 unspecified atom stereocenters. The Bertz CT molecular complexity index is 157. The van der Waals surface area contributed by atoms with Crippen LogP contribution in [0, 0.1) is 23.2 Å². The number of rotatable bonds is 2. The van der Waals surface area contributed by atoms with Gasteiger partial charge in [-0.3, -0.25) is 0 Å². The average molecular weight is 153 g/mol. The van der Waals surface area contributed by atoms with Gasteiger partial charge in [0.25, 0.3) is 0 Å². The standard InChI is InChI=1S/C10H19N/c1-9(2)10(3,4)7-6-8-11-5/h9,11H,8H2,1-5H3. The Morgan fingerprint density at radius 2 is 1.91 bits per heavy atom. The highest BCUT2D eigenvalue weighted by molar-refractivity contribution is 5.10. The lowest BCUT2D eigenvalue weighted by atomic mass is 9.82. The molecule has 0 heterocycles. The van der Waals surface area contributed by atoms with Gasteiger partial charge < -0.3 is 5.32 Å². The Morgan fingerprint density at radius 3 is 2.27 bits per heavy atom. The van der Waals surface area contributed by atoms with Crippen molar-refractivity contribution in [3.63, 3.8) is 0 Å². The van der Waals surface area contributed by atoms with Gasteiger partial charge in [0.1, 0.15) is 0 Å². The first-order valence-electron chi connectivity index (χ1n) is 4.15. The molecule has 0 aromatic carbocycles. The van der Waals surface area contributed by atoms with Gasteiger partial charge in [-0.05, 0) is 26.8 Å². The van der Waals surface area contributed by atoms with Gasteiger partial charge in [0, 0.05) is 5.41 Å². The molecule has 1 nitrogen and oxygen atoms in total. The zero-order valence-corrected chi connectivity index (χ0v) is 8.28. The summed E-state index contributed by atoms with van der Waals surface area (Å²) >= 11 is 0. The minimum atomic E-state index is 0.150. The van der Waals surface area contributed by atoms with Crippen LogP contribution in [0.1, 0.15) is 27.7 Å². The maximum Gasteiger partial charge on any atom is 0.0574 e. The average Bonchev–Trinajstić information content (AvgIpc) is 1.88. The first-order chi connectivity index (χ1) is 5.00. The smallest absolute Gasteiger partial charge is 0.0574 e. The van der Waals surface area contributed by atoms with Crippen LogP contribution in [0.25, 0.3) is 0 Å². The molecule has 0 aromatic heterocycles. The molecule has 0 radical (unpaired) electrons. The molecule has 1 heteroatoms. The largest absolute Gasteiger partial charge is 0.309 e. The predicted molar refractivity (Wildman–Crippen MR) is 50.3 cm³/mol. The lowest BCUT2D eigenvalue weighted by Crippen LogP contribution is -2.17. The van der Waals surface area contributed by atoms with Crippen LogP contribution in [0.2, 0.25) is 0 Å². The van der Waals surface area contributed by atoms with Crippen LogP contribution in [-0.4, -0.2) is 13.6 Å². The fraction of sp³-hybridized carbons (Fsp3) is 0.800. The summed E-state index contributed by atoms with van der Waals surface area (Å²) in [6.45, 7) is 9.55. The van der Waals surface area contributed by atoms with E-state index in [0.29, 0.717) is 5.92 Å². The molecule has 0 aliphatic heterocycles. The minimum Gasteiger partial charge on any atom is -0.309 e. The fourth-order valence-electron chi connectivity index (χ4n) is 0.505.